The van der Waals surface area contributed by atoms with Gasteiger partial charge in [-0.1, -0.05) is 17.7 Å². The molecule has 4 heteroatoms. The van der Waals surface area contributed by atoms with Crippen molar-refractivity contribution >= 4 is 11.6 Å². The molecule has 1 fully saturated rings. The zero-order valence-corrected chi connectivity index (χ0v) is 12.8. The van der Waals surface area contributed by atoms with Crippen molar-refractivity contribution in [1.82, 2.24) is 10.2 Å². The second-order valence-electron chi connectivity index (χ2n) is 5.51. The number of anilines is 1. The Balaban J connectivity index is 2.16. The molecule has 1 heterocycles. The van der Waals surface area contributed by atoms with Gasteiger partial charge in [-0.15, -0.1) is 0 Å². The summed E-state index contributed by atoms with van der Waals surface area (Å²) in [6.07, 6.45) is 1.03. The summed E-state index contributed by atoms with van der Waals surface area (Å²) in [6, 6.07) is 6.63. The zero-order valence-electron chi connectivity index (χ0n) is 12.8. The van der Waals surface area contributed by atoms with Crippen molar-refractivity contribution in [3.05, 3.63) is 29.3 Å². The molecule has 1 aromatic carbocycles. The Labute approximate surface area is 121 Å². The van der Waals surface area contributed by atoms with E-state index in [2.05, 4.69) is 35.3 Å². The SMILES string of the molecule is CNCc1cc(C)ccc1N1CCCN(C(C)=O)CC1. The van der Waals surface area contributed by atoms with E-state index in [0.29, 0.717) is 0 Å². The summed E-state index contributed by atoms with van der Waals surface area (Å²) in [5.41, 5.74) is 3.93. The molecule has 1 aliphatic rings. The average Bonchev–Trinajstić information content (AvgIpc) is 2.65. The molecular formula is C16H25N3O. The number of rotatable bonds is 3. The third-order valence-electron chi connectivity index (χ3n) is 3.88. The van der Waals surface area contributed by atoms with Gasteiger partial charge < -0.3 is 15.1 Å². The Morgan fingerprint density at radius 3 is 2.75 bits per heavy atom. The van der Waals surface area contributed by atoms with E-state index >= 15 is 0 Å². The van der Waals surface area contributed by atoms with Gasteiger partial charge in [0.2, 0.25) is 5.91 Å². The van der Waals surface area contributed by atoms with E-state index in [1.54, 1.807) is 6.92 Å². The van der Waals surface area contributed by atoms with Crippen LogP contribution in [0.4, 0.5) is 5.69 Å². The smallest absolute Gasteiger partial charge is 0.219 e. The number of nitrogens with one attached hydrogen (secondary N) is 1. The van der Waals surface area contributed by atoms with E-state index in [4.69, 9.17) is 0 Å². The molecule has 1 amide bonds. The van der Waals surface area contributed by atoms with Crippen molar-refractivity contribution in [2.45, 2.75) is 26.8 Å². The lowest BCUT2D eigenvalue weighted by molar-refractivity contribution is -0.128. The van der Waals surface area contributed by atoms with Crippen LogP contribution in [0, 0.1) is 6.92 Å². The summed E-state index contributed by atoms with van der Waals surface area (Å²) in [4.78, 5) is 15.9. The fraction of sp³-hybridized carbons (Fsp3) is 0.562. The molecule has 0 saturated carbocycles. The van der Waals surface area contributed by atoms with E-state index in [1.807, 2.05) is 11.9 Å². The highest BCUT2D eigenvalue weighted by atomic mass is 16.2. The Bertz CT molecular complexity index is 473. The molecule has 0 aromatic heterocycles. The van der Waals surface area contributed by atoms with Gasteiger partial charge in [0.05, 0.1) is 0 Å². The molecule has 110 valence electrons. The third-order valence-corrected chi connectivity index (χ3v) is 3.88. The van der Waals surface area contributed by atoms with Crippen LogP contribution in [0.2, 0.25) is 0 Å². The Kier molecular flexibility index (Phi) is 5.01. The fourth-order valence-corrected chi connectivity index (χ4v) is 2.83. The molecule has 0 aliphatic carbocycles. The maximum atomic E-state index is 11.5. The minimum atomic E-state index is 0.186. The first-order valence-electron chi connectivity index (χ1n) is 7.36. The van der Waals surface area contributed by atoms with E-state index in [9.17, 15) is 4.79 Å². The van der Waals surface area contributed by atoms with Crippen LogP contribution in [-0.4, -0.2) is 44.0 Å². The molecule has 4 nitrogen and oxygen atoms in total. The molecule has 0 spiro atoms. The van der Waals surface area contributed by atoms with E-state index in [-0.39, 0.29) is 5.91 Å². The molecule has 0 unspecified atom stereocenters. The fourth-order valence-electron chi connectivity index (χ4n) is 2.83. The molecule has 0 radical (unpaired) electrons. The summed E-state index contributed by atoms with van der Waals surface area (Å²) < 4.78 is 0. The van der Waals surface area contributed by atoms with Crippen LogP contribution in [0.3, 0.4) is 0 Å². The van der Waals surface area contributed by atoms with Crippen LogP contribution in [0.1, 0.15) is 24.5 Å². The third kappa shape index (κ3) is 3.51. The van der Waals surface area contributed by atoms with Crippen molar-refractivity contribution in [3.63, 3.8) is 0 Å². The molecule has 0 atom stereocenters. The lowest BCUT2D eigenvalue weighted by Crippen LogP contribution is -2.34. The molecule has 1 aliphatic heterocycles. The first kappa shape index (κ1) is 14.9. The van der Waals surface area contributed by atoms with Gasteiger partial charge in [0, 0.05) is 45.3 Å². The quantitative estimate of drug-likeness (QED) is 0.913. The van der Waals surface area contributed by atoms with Gasteiger partial charge in [0.1, 0.15) is 0 Å². The van der Waals surface area contributed by atoms with Gasteiger partial charge in [-0.05, 0) is 32.0 Å². The molecule has 2 rings (SSSR count). The van der Waals surface area contributed by atoms with E-state index < -0.39 is 0 Å². The molecule has 1 saturated heterocycles. The summed E-state index contributed by atoms with van der Waals surface area (Å²) in [5.74, 6) is 0.186. The predicted octanol–water partition coefficient (Wildman–Crippen LogP) is 1.77. The predicted molar refractivity (Wildman–Crippen MR) is 83.0 cm³/mol. The van der Waals surface area contributed by atoms with Crippen molar-refractivity contribution in [2.24, 2.45) is 0 Å². The number of benzene rings is 1. The van der Waals surface area contributed by atoms with Crippen LogP contribution >= 0.6 is 0 Å². The van der Waals surface area contributed by atoms with Crippen LogP contribution in [0.5, 0.6) is 0 Å². The van der Waals surface area contributed by atoms with Crippen LogP contribution < -0.4 is 10.2 Å². The lowest BCUT2D eigenvalue weighted by Gasteiger charge is -2.26. The number of hydrogen-bond acceptors (Lipinski definition) is 3. The number of amides is 1. The molecule has 0 bridgehead atoms. The van der Waals surface area contributed by atoms with Crippen LogP contribution in [0.25, 0.3) is 0 Å². The van der Waals surface area contributed by atoms with Gasteiger partial charge in [-0.2, -0.15) is 0 Å². The average molecular weight is 275 g/mol. The number of carbonyl (C=O) groups is 1. The van der Waals surface area contributed by atoms with Crippen LogP contribution in [0.15, 0.2) is 18.2 Å². The van der Waals surface area contributed by atoms with Crippen molar-refractivity contribution in [1.29, 1.82) is 0 Å². The number of carbonyl (C=O) groups excluding carboxylic acids is 1. The minimum Gasteiger partial charge on any atom is -0.369 e. The first-order valence-corrected chi connectivity index (χ1v) is 7.36. The van der Waals surface area contributed by atoms with Gasteiger partial charge >= 0.3 is 0 Å². The summed E-state index contributed by atoms with van der Waals surface area (Å²) in [7, 11) is 1.98. The van der Waals surface area contributed by atoms with Gasteiger partial charge in [0.25, 0.3) is 0 Å². The molecule has 20 heavy (non-hydrogen) atoms. The maximum absolute atomic E-state index is 11.5. The second-order valence-corrected chi connectivity index (χ2v) is 5.51. The Morgan fingerprint density at radius 2 is 2.05 bits per heavy atom. The second kappa shape index (κ2) is 6.75. The highest BCUT2D eigenvalue weighted by Crippen LogP contribution is 2.23. The standard InChI is InChI=1S/C16H25N3O/c1-13-5-6-16(15(11-13)12-17-3)19-8-4-7-18(9-10-19)14(2)20/h5-6,11,17H,4,7-10,12H2,1-3H3. The molecule has 1 aromatic rings. The van der Waals surface area contributed by atoms with E-state index in [0.717, 1.165) is 39.1 Å². The lowest BCUT2D eigenvalue weighted by atomic mass is 10.1. The zero-order chi connectivity index (χ0) is 14.5. The number of nitrogens with zero attached hydrogens (tertiary/aromatic N) is 2. The van der Waals surface area contributed by atoms with Crippen molar-refractivity contribution in [2.75, 3.05) is 38.1 Å². The largest absolute Gasteiger partial charge is 0.369 e. The number of hydrogen-bond donors (Lipinski definition) is 1. The van der Waals surface area contributed by atoms with Crippen molar-refractivity contribution < 1.29 is 4.79 Å². The van der Waals surface area contributed by atoms with Gasteiger partial charge in [0.15, 0.2) is 0 Å². The molecule has 1 N–H and O–H groups in total. The normalized spacial score (nSPS) is 16.1. The Hall–Kier alpha value is -1.55. The highest BCUT2D eigenvalue weighted by molar-refractivity contribution is 5.73. The summed E-state index contributed by atoms with van der Waals surface area (Å²) in [5, 5.41) is 3.24. The molecular weight excluding hydrogens is 250 g/mol. The van der Waals surface area contributed by atoms with Gasteiger partial charge in [-0.3, -0.25) is 4.79 Å². The monoisotopic (exact) mass is 275 g/mol. The number of aryl methyl sites for hydroxylation is 1. The van der Waals surface area contributed by atoms with E-state index in [1.165, 1.54) is 16.8 Å². The minimum absolute atomic E-state index is 0.186. The maximum Gasteiger partial charge on any atom is 0.219 e. The summed E-state index contributed by atoms with van der Waals surface area (Å²) in [6.45, 7) is 8.30. The Morgan fingerprint density at radius 1 is 1.25 bits per heavy atom. The summed E-state index contributed by atoms with van der Waals surface area (Å²) >= 11 is 0. The topological polar surface area (TPSA) is 35.6 Å². The van der Waals surface area contributed by atoms with Gasteiger partial charge in [-0.25, -0.2) is 0 Å². The van der Waals surface area contributed by atoms with Crippen molar-refractivity contribution in [3.8, 4) is 0 Å². The highest BCUT2D eigenvalue weighted by Gasteiger charge is 2.18. The first-order chi connectivity index (χ1) is 9.61. The van der Waals surface area contributed by atoms with Crippen LogP contribution in [-0.2, 0) is 11.3 Å².